The van der Waals surface area contributed by atoms with Crippen molar-refractivity contribution in [2.75, 3.05) is 13.1 Å². The van der Waals surface area contributed by atoms with Crippen LogP contribution in [-0.2, 0) is 0 Å². The van der Waals surface area contributed by atoms with Gasteiger partial charge in [0.05, 0.1) is 6.04 Å². The first-order valence-corrected chi connectivity index (χ1v) is 5.13. The van der Waals surface area contributed by atoms with Crippen molar-refractivity contribution in [3.05, 3.63) is 0 Å². The Balaban J connectivity index is 2.39. The number of rotatable bonds is 3. The maximum absolute atomic E-state index is 4.73. The molecule has 1 aliphatic heterocycles. The Morgan fingerprint density at radius 3 is 2.67 bits per heavy atom. The molecule has 1 heterocycles. The Morgan fingerprint density at radius 2 is 2.17 bits per heavy atom. The van der Waals surface area contributed by atoms with Gasteiger partial charge in [-0.3, -0.25) is 4.99 Å². The molecule has 0 spiro atoms. The van der Waals surface area contributed by atoms with Crippen LogP contribution in [-0.4, -0.2) is 24.8 Å². The second-order valence-electron chi connectivity index (χ2n) is 3.40. The van der Waals surface area contributed by atoms with Crippen LogP contribution in [0.4, 0.5) is 0 Å². The third-order valence-corrected chi connectivity index (χ3v) is 2.45. The lowest BCUT2D eigenvalue weighted by Gasteiger charge is -2.20. The first-order chi connectivity index (χ1) is 5.86. The van der Waals surface area contributed by atoms with Gasteiger partial charge < -0.3 is 5.32 Å². The second-order valence-corrected chi connectivity index (χ2v) is 3.40. The Labute approximate surface area is 75.5 Å². The molecule has 0 aromatic rings. The molecule has 2 heteroatoms. The number of nitrogens with zero attached hydrogens (tertiary/aromatic N) is 1. The third-order valence-electron chi connectivity index (χ3n) is 2.45. The molecule has 1 atom stereocenters. The molecule has 0 aromatic heterocycles. The van der Waals surface area contributed by atoms with Crippen molar-refractivity contribution < 1.29 is 0 Å². The van der Waals surface area contributed by atoms with Crippen LogP contribution >= 0.6 is 0 Å². The molecular weight excluding hydrogens is 148 g/mol. The molecule has 70 valence electrons. The standard InChI is InChI=1S/C10H20N2/c1-3-9(4-2)12-10-6-5-7-11-8-10/h10-11H,3-8H2,1-2H3. The van der Waals surface area contributed by atoms with Gasteiger partial charge in [-0.05, 0) is 32.2 Å². The highest BCUT2D eigenvalue weighted by atomic mass is 14.9. The molecule has 0 radical (unpaired) electrons. The summed E-state index contributed by atoms with van der Waals surface area (Å²) < 4.78 is 0. The average molecular weight is 168 g/mol. The monoisotopic (exact) mass is 168 g/mol. The van der Waals surface area contributed by atoms with Crippen LogP contribution in [0.3, 0.4) is 0 Å². The largest absolute Gasteiger partial charge is 0.315 e. The van der Waals surface area contributed by atoms with Crippen LogP contribution < -0.4 is 5.32 Å². The lowest BCUT2D eigenvalue weighted by Crippen LogP contribution is -2.32. The van der Waals surface area contributed by atoms with Crippen LogP contribution in [0.2, 0.25) is 0 Å². The highest BCUT2D eigenvalue weighted by Gasteiger charge is 2.11. The first kappa shape index (κ1) is 9.72. The minimum absolute atomic E-state index is 0.564. The minimum atomic E-state index is 0.564. The number of piperidine rings is 1. The fraction of sp³-hybridized carbons (Fsp3) is 0.900. The number of aliphatic imine (C=N–C) groups is 1. The summed E-state index contributed by atoms with van der Waals surface area (Å²) in [5.41, 5.74) is 1.38. The average Bonchev–Trinajstić information content (AvgIpc) is 2.16. The van der Waals surface area contributed by atoms with E-state index in [9.17, 15) is 0 Å². The maximum Gasteiger partial charge on any atom is 0.0623 e. The van der Waals surface area contributed by atoms with Gasteiger partial charge in [0.25, 0.3) is 0 Å². The van der Waals surface area contributed by atoms with E-state index in [2.05, 4.69) is 19.2 Å². The predicted molar refractivity (Wildman–Crippen MR) is 53.9 cm³/mol. The van der Waals surface area contributed by atoms with Crippen molar-refractivity contribution in [3.63, 3.8) is 0 Å². The summed E-state index contributed by atoms with van der Waals surface area (Å²) in [5.74, 6) is 0. The maximum atomic E-state index is 4.73. The predicted octanol–water partition coefficient (Wildman–Crippen LogP) is 2.00. The van der Waals surface area contributed by atoms with E-state index >= 15 is 0 Å². The van der Waals surface area contributed by atoms with Crippen molar-refractivity contribution in [3.8, 4) is 0 Å². The molecule has 1 fully saturated rings. The molecule has 1 rings (SSSR count). The van der Waals surface area contributed by atoms with Crippen LogP contribution in [0.1, 0.15) is 39.5 Å². The number of hydrogen-bond donors (Lipinski definition) is 1. The molecule has 0 aromatic carbocycles. The Kier molecular flexibility index (Phi) is 4.30. The second kappa shape index (κ2) is 5.31. The molecule has 0 amide bonds. The Hall–Kier alpha value is -0.370. The van der Waals surface area contributed by atoms with Gasteiger partial charge in [-0.1, -0.05) is 13.8 Å². The van der Waals surface area contributed by atoms with Gasteiger partial charge in [0, 0.05) is 12.3 Å². The van der Waals surface area contributed by atoms with Crippen molar-refractivity contribution in [2.24, 2.45) is 4.99 Å². The van der Waals surface area contributed by atoms with E-state index in [1.165, 1.54) is 25.1 Å². The zero-order valence-electron chi connectivity index (χ0n) is 8.27. The fourth-order valence-electron chi connectivity index (χ4n) is 1.63. The number of nitrogens with one attached hydrogen (secondary N) is 1. The third kappa shape index (κ3) is 2.94. The van der Waals surface area contributed by atoms with Crippen molar-refractivity contribution >= 4 is 5.71 Å². The summed E-state index contributed by atoms with van der Waals surface area (Å²) in [5, 5.41) is 3.38. The van der Waals surface area contributed by atoms with E-state index in [0.717, 1.165) is 19.4 Å². The highest BCUT2D eigenvalue weighted by molar-refractivity contribution is 5.84. The molecule has 12 heavy (non-hydrogen) atoms. The molecule has 0 aliphatic carbocycles. The lowest BCUT2D eigenvalue weighted by atomic mass is 10.1. The van der Waals surface area contributed by atoms with E-state index in [0.29, 0.717) is 6.04 Å². The fourth-order valence-corrected chi connectivity index (χ4v) is 1.63. The smallest absolute Gasteiger partial charge is 0.0623 e. The van der Waals surface area contributed by atoms with Gasteiger partial charge in [-0.15, -0.1) is 0 Å². The van der Waals surface area contributed by atoms with Crippen molar-refractivity contribution in [1.29, 1.82) is 0 Å². The summed E-state index contributed by atoms with van der Waals surface area (Å²) in [7, 11) is 0. The molecule has 1 unspecified atom stereocenters. The summed E-state index contributed by atoms with van der Waals surface area (Å²) in [4.78, 5) is 4.73. The zero-order chi connectivity index (χ0) is 8.81. The Morgan fingerprint density at radius 1 is 1.42 bits per heavy atom. The topological polar surface area (TPSA) is 24.4 Å². The lowest BCUT2D eigenvalue weighted by molar-refractivity contribution is 0.460. The van der Waals surface area contributed by atoms with E-state index in [1.807, 2.05) is 0 Å². The van der Waals surface area contributed by atoms with Crippen molar-refractivity contribution in [2.45, 2.75) is 45.6 Å². The van der Waals surface area contributed by atoms with E-state index in [-0.39, 0.29) is 0 Å². The van der Waals surface area contributed by atoms with Gasteiger partial charge in [0.2, 0.25) is 0 Å². The van der Waals surface area contributed by atoms with Crippen LogP contribution in [0, 0.1) is 0 Å². The normalized spacial score (nSPS) is 23.7. The SMILES string of the molecule is CCC(CC)=NC1CCCNC1. The first-order valence-electron chi connectivity index (χ1n) is 5.13. The molecule has 1 aliphatic rings. The quantitative estimate of drug-likeness (QED) is 0.640. The van der Waals surface area contributed by atoms with Crippen molar-refractivity contribution in [1.82, 2.24) is 5.32 Å². The molecule has 1 saturated heterocycles. The van der Waals surface area contributed by atoms with E-state index in [1.54, 1.807) is 0 Å². The molecular formula is C10H20N2. The van der Waals surface area contributed by atoms with E-state index in [4.69, 9.17) is 4.99 Å². The number of hydrogen-bond acceptors (Lipinski definition) is 2. The van der Waals surface area contributed by atoms with Crippen LogP contribution in [0.5, 0.6) is 0 Å². The van der Waals surface area contributed by atoms with Crippen LogP contribution in [0.15, 0.2) is 4.99 Å². The van der Waals surface area contributed by atoms with Crippen LogP contribution in [0.25, 0.3) is 0 Å². The highest BCUT2D eigenvalue weighted by Crippen LogP contribution is 2.07. The molecule has 0 bridgehead atoms. The summed E-state index contributed by atoms with van der Waals surface area (Å²) in [6.45, 7) is 6.65. The van der Waals surface area contributed by atoms with E-state index < -0.39 is 0 Å². The molecule has 1 N–H and O–H groups in total. The molecule has 0 saturated carbocycles. The summed E-state index contributed by atoms with van der Waals surface area (Å²) >= 11 is 0. The van der Waals surface area contributed by atoms with Gasteiger partial charge in [0.1, 0.15) is 0 Å². The van der Waals surface area contributed by atoms with Gasteiger partial charge in [-0.2, -0.15) is 0 Å². The van der Waals surface area contributed by atoms with Gasteiger partial charge in [-0.25, -0.2) is 0 Å². The minimum Gasteiger partial charge on any atom is -0.315 e. The summed E-state index contributed by atoms with van der Waals surface area (Å²) in [6.07, 6.45) is 4.80. The molecule has 2 nitrogen and oxygen atoms in total. The van der Waals surface area contributed by atoms with Gasteiger partial charge >= 0.3 is 0 Å². The summed E-state index contributed by atoms with van der Waals surface area (Å²) in [6, 6.07) is 0.564. The zero-order valence-corrected chi connectivity index (χ0v) is 8.27. The van der Waals surface area contributed by atoms with Gasteiger partial charge in [0.15, 0.2) is 0 Å². The Bertz CT molecular complexity index is 140.